The van der Waals surface area contributed by atoms with Gasteiger partial charge in [-0.2, -0.15) is 0 Å². The van der Waals surface area contributed by atoms with Gasteiger partial charge in [-0.1, -0.05) is 19.3 Å². The van der Waals surface area contributed by atoms with Crippen LogP contribution in [0.5, 0.6) is 11.5 Å². The predicted octanol–water partition coefficient (Wildman–Crippen LogP) is 2.34. The molecule has 1 aliphatic carbocycles. The maximum absolute atomic E-state index is 12.0. The van der Waals surface area contributed by atoms with Crippen LogP contribution < -0.4 is 20.1 Å². The van der Waals surface area contributed by atoms with Gasteiger partial charge in [0.15, 0.2) is 0 Å². The molecule has 1 fully saturated rings. The number of amides is 2. The van der Waals surface area contributed by atoms with Crippen molar-refractivity contribution in [3.63, 3.8) is 0 Å². The number of benzene rings is 1. The Balaban J connectivity index is 1.88. The first kappa shape index (κ1) is 17.1. The molecule has 1 saturated carbocycles. The molecule has 1 aromatic rings. The number of rotatable bonds is 6. The van der Waals surface area contributed by atoms with E-state index in [0.717, 1.165) is 25.7 Å². The van der Waals surface area contributed by atoms with Crippen molar-refractivity contribution >= 4 is 17.5 Å². The van der Waals surface area contributed by atoms with Crippen molar-refractivity contribution in [3.8, 4) is 11.5 Å². The van der Waals surface area contributed by atoms with E-state index >= 15 is 0 Å². The fourth-order valence-corrected chi connectivity index (χ4v) is 2.78. The fourth-order valence-electron chi connectivity index (χ4n) is 2.78. The van der Waals surface area contributed by atoms with Crippen molar-refractivity contribution in [3.05, 3.63) is 18.2 Å². The first-order valence-electron chi connectivity index (χ1n) is 7.93. The van der Waals surface area contributed by atoms with Crippen molar-refractivity contribution in [2.45, 2.75) is 32.1 Å². The van der Waals surface area contributed by atoms with E-state index in [9.17, 15) is 9.59 Å². The normalized spacial score (nSPS) is 14.9. The minimum Gasteiger partial charge on any atom is -0.497 e. The highest BCUT2D eigenvalue weighted by Crippen LogP contribution is 2.28. The molecule has 2 N–H and O–H groups in total. The largest absolute Gasteiger partial charge is 0.497 e. The van der Waals surface area contributed by atoms with E-state index in [-0.39, 0.29) is 24.3 Å². The highest BCUT2D eigenvalue weighted by atomic mass is 16.5. The maximum Gasteiger partial charge on any atom is 0.243 e. The van der Waals surface area contributed by atoms with Crippen LogP contribution in [0.2, 0.25) is 0 Å². The zero-order valence-electron chi connectivity index (χ0n) is 13.7. The average molecular weight is 320 g/mol. The Morgan fingerprint density at radius 2 is 1.87 bits per heavy atom. The number of ether oxygens (including phenoxy) is 2. The Morgan fingerprint density at radius 1 is 1.13 bits per heavy atom. The smallest absolute Gasteiger partial charge is 0.243 e. The van der Waals surface area contributed by atoms with Gasteiger partial charge in [-0.25, -0.2) is 0 Å². The minimum atomic E-state index is -0.291. The number of carbonyl (C=O) groups excluding carboxylic acids is 2. The summed E-state index contributed by atoms with van der Waals surface area (Å²) in [5.41, 5.74) is 0.517. The van der Waals surface area contributed by atoms with Crippen molar-refractivity contribution in [2.24, 2.45) is 5.92 Å². The summed E-state index contributed by atoms with van der Waals surface area (Å²) >= 11 is 0. The van der Waals surface area contributed by atoms with Gasteiger partial charge in [0.05, 0.1) is 26.5 Å². The van der Waals surface area contributed by atoms with Crippen LogP contribution in [0.1, 0.15) is 32.1 Å². The average Bonchev–Trinajstić information content (AvgIpc) is 2.60. The standard InChI is InChI=1S/C17H24N2O4/c1-22-13-8-9-15(23-2)14(10-13)19-16(20)11-18-17(21)12-6-4-3-5-7-12/h8-10,12H,3-7,11H2,1-2H3,(H,18,21)(H,19,20). The van der Waals surface area contributed by atoms with Gasteiger partial charge in [0.2, 0.25) is 11.8 Å². The number of hydrogen-bond donors (Lipinski definition) is 2. The second-order valence-electron chi connectivity index (χ2n) is 5.67. The molecule has 0 aliphatic heterocycles. The third-order valence-electron chi connectivity index (χ3n) is 4.08. The number of anilines is 1. The van der Waals surface area contributed by atoms with Crippen LogP contribution in [0.4, 0.5) is 5.69 Å². The van der Waals surface area contributed by atoms with Crippen molar-refractivity contribution in [2.75, 3.05) is 26.1 Å². The molecule has 0 unspecified atom stereocenters. The third kappa shape index (κ3) is 4.87. The molecule has 0 radical (unpaired) electrons. The molecular formula is C17H24N2O4. The van der Waals surface area contributed by atoms with Crippen LogP contribution in [0.15, 0.2) is 18.2 Å². The SMILES string of the molecule is COc1ccc(OC)c(NC(=O)CNC(=O)C2CCCCC2)c1. The molecule has 1 aromatic carbocycles. The van der Waals surface area contributed by atoms with E-state index in [4.69, 9.17) is 9.47 Å². The Morgan fingerprint density at radius 3 is 2.52 bits per heavy atom. The Hall–Kier alpha value is -2.24. The second-order valence-corrected chi connectivity index (χ2v) is 5.67. The molecule has 0 heterocycles. The summed E-state index contributed by atoms with van der Waals surface area (Å²) in [6, 6.07) is 5.15. The molecule has 0 atom stereocenters. The summed E-state index contributed by atoms with van der Waals surface area (Å²) in [6.45, 7) is -0.0459. The summed E-state index contributed by atoms with van der Waals surface area (Å²) in [4.78, 5) is 24.1. The molecule has 0 saturated heterocycles. The van der Waals surface area contributed by atoms with Gasteiger partial charge < -0.3 is 20.1 Å². The summed E-state index contributed by atoms with van der Waals surface area (Å²) in [5, 5.41) is 5.45. The summed E-state index contributed by atoms with van der Waals surface area (Å²) < 4.78 is 10.3. The van der Waals surface area contributed by atoms with Gasteiger partial charge in [0.25, 0.3) is 0 Å². The molecule has 0 aromatic heterocycles. The highest BCUT2D eigenvalue weighted by Gasteiger charge is 2.21. The molecule has 1 aliphatic rings. The molecular weight excluding hydrogens is 296 g/mol. The van der Waals surface area contributed by atoms with Crippen LogP contribution in [-0.2, 0) is 9.59 Å². The first-order valence-corrected chi connectivity index (χ1v) is 7.93. The van der Waals surface area contributed by atoms with Crippen LogP contribution in [0.3, 0.4) is 0 Å². The Labute approximate surface area is 136 Å². The molecule has 0 bridgehead atoms. The topological polar surface area (TPSA) is 76.7 Å². The van der Waals surface area contributed by atoms with Gasteiger partial charge >= 0.3 is 0 Å². The zero-order chi connectivity index (χ0) is 16.7. The molecule has 2 rings (SSSR count). The minimum absolute atomic E-state index is 0.0301. The molecule has 126 valence electrons. The molecule has 6 nitrogen and oxygen atoms in total. The summed E-state index contributed by atoms with van der Waals surface area (Å²) in [7, 11) is 3.08. The van der Waals surface area contributed by atoms with Gasteiger partial charge in [-0.3, -0.25) is 9.59 Å². The van der Waals surface area contributed by atoms with Crippen LogP contribution >= 0.6 is 0 Å². The fraction of sp³-hybridized carbons (Fsp3) is 0.529. The van der Waals surface area contributed by atoms with E-state index < -0.39 is 0 Å². The van der Waals surface area contributed by atoms with Gasteiger partial charge in [0.1, 0.15) is 11.5 Å². The van der Waals surface area contributed by atoms with E-state index in [1.54, 1.807) is 25.3 Å². The quantitative estimate of drug-likeness (QED) is 0.843. The van der Waals surface area contributed by atoms with E-state index in [1.165, 1.54) is 13.5 Å². The number of methoxy groups -OCH3 is 2. The molecule has 6 heteroatoms. The Kier molecular flexibility index (Phi) is 6.26. The number of nitrogens with one attached hydrogen (secondary N) is 2. The molecule has 0 spiro atoms. The molecule has 23 heavy (non-hydrogen) atoms. The lowest BCUT2D eigenvalue weighted by Crippen LogP contribution is -2.37. The monoisotopic (exact) mass is 320 g/mol. The lowest BCUT2D eigenvalue weighted by molar-refractivity contribution is -0.128. The first-order chi connectivity index (χ1) is 11.1. The predicted molar refractivity (Wildman–Crippen MR) is 87.8 cm³/mol. The van der Waals surface area contributed by atoms with E-state index in [0.29, 0.717) is 17.2 Å². The number of carbonyl (C=O) groups is 2. The highest BCUT2D eigenvalue weighted by molar-refractivity contribution is 5.96. The van der Waals surface area contributed by atoms with Gasteiger partial charge in [-0.15, -0.1) is 0 Å². The van der Waals surface area contributed by atoms with E-state index in [1.807, 2.05) is 0 Å². The number of hydrogen-bond acceptors (Lipinski definition) is 4. The lowest BCUT2D eigenvalue weighted by Gasteiger charge is -2.20. The summed E-state index contributed by atoms with van der Waals surface area (Å²) in [5.74, 6) is 0.881. The summed E-state index contributed by atoms with van der Waals surface area (Å²) in [6.07, 6.45) is 5.20. The van der Waals surface area contributed by atoms with Crippen molar-refractivity contribution < 1.29 is 19.1 Å². The third-order valence-corrected chi connectivity index (χ3v) is 4.08. The van der Waals surface area contributed by atoms with Crippen LogP contribution in [0, 0.1) is 5.92 Å². The molecule has 2 amide bonds. The van der Waals surface area contributed by atoms with Crippen molar-refractivity contribution in [1.82, 2.24) is 5.32 Å². The second kappa shape index (κ2) is 8.41. The zero-order valence-corrected chi connectivity index (χ0v) is 13.7. The van der Waals surface area contributed by atoms with E-state index in [2.05, 4.69) is 10.6 Å². The van der Waals surface area contributed by atoms with Crippen molar-refractivity contribution in [1.29, 1.82) is 0 Å². The maximum atomic E-state index is 12.0. The lowest BCUT2D eigenvalue weighted by atomic mass is 9.89. The Bertz CT molecular complexity index is 554. The van der Waals surface area contributed by atoms with Crippen LogP contribution in [0.25, 0.3) is 0 Å². The van der Waals surface area contributed by atoms with Gasteiger partial charge in [0, 0.05) is 12.0 Å². The van der Waals surface area contributed by atoms with Crippen LogP contribution in [-0.4, -0.2) is 32.6 Å². The van der Waals surface area contributed by atoms with Gasteiger partial charge in [-0.05, 0) is 25.0 Å².